The summed E-state index contributed by atoms with van der Waals surface area (Å²) in [5.74, 6) is 2.06. The van der Waals surface area contributed by atoms with E-state index in [4.69, 9.17) is 32.7 Å². The Bertz CT molecular complexity index is 1130. The van der Waals surface area contributed by atoms with Gasteiger partial charge in [-0.15, -0.1) is 0 Å². The quantitative estimate of drug-likeness (QED) is 0.365. The van der Waals surface area contributed by atoms with Gasteiger partial charge in [0.15, 0.2) is 11.5 Å². The molecule has 154 valence electrons. The number of H-pyrrole nitrogens is 1. The summed E-state index contributed by atoms with van der Waals surface area (Å²) in [6.45, 7) is 1.49. The van der Waals surface area contributed by atoms with E-state index in [1.165, 1.54) is 0 Å². The van der Waals surface area contributed by atoms with Crippen molar-refractivity contribution in [3.8, 4) is 11.5 Å². The number of nitrogens with zero attached hydrogens (tertiary/aromatic N) is 1. The van der Waals surface area contributed by atoms with Crippen LogP contribution in [-0.4, -0.2) is 17.1 Å². The van der Waals surface area contributed by atoms with Crippen LogP contribution < -0.4 is 14.8 Å². The van der Waals surface area contributed by atoms with Gasteiger partial charge >= 0.3 is 0 Å². The predicted octanol–water partition coefficient (Wildman–Crippen LogP) is 5.75. The first-order chi connectivity index (χ1) is 14.6. The number of aromatic amines is 1. The van der Waals surface area contributed by atoms with Gasteiger partial charge in [-0.1, -0.05) is 53.5 Å². The monoisotopic (exact) mass is 441 g/mol. The molecule has 0 amide bonds. The van der Waals surface area contributed by atoms with Crippen LogP contribution in [0.15, 0.2) is 60.7 Å². The summed E-state index contributed by atoms with van der Waals surface area (Å²) in [7, 11) is 1.61. The summed E-state index contributed by atoms with van der Waals surface area (Å²) < 4.78 is 11.4. The van der Waals surface area contributed by atoms with Crippen molar-refractivity contribution in [2.75, 3.05) is 7.11 Å². The maximum atomic E-state index is 6.49. The molecule has 0 aliphatic carbocycles. The van der Waals surface area contributed by atoms with Gasteiger partial charge in [0.05, 0.1) is 24.7 Å². The average molecular weight is 442 g/mol. The van der Waals surface area contributed by atoms with Crippen LogP contribution in [0.2, 0.25) is 10.0 Å². The molecule has 0 radical (unpaired) electrons. The van der Waals surface area contributed by atoms with Gasteiger partial charge in [0, 0.05) is 28.2 Å². The van der Waals surface area contributed by atoms with Crippen molar-refractivity contribution < 1.29 is 9.47 Å². The Morgan fingerprint density at radius 3 is 2.50 bits per heavy atom. The number of ether oxygens (including phenoxy) is 2. The molecule has 0 atom stereocenters. The molecule has 0 aliphatic heterocycles. The Morgan fingerprint density at radius 2 is 1.70 bits per heavy atom. The van der Waals surface area contributed by atoms with Crippen molar-refractivity contribution in [1.29, 1.82) is 0 Å². The fourth-order valence-corrected chi connectivity index (χ4v) is 3.57. The van der Waals surface area contributed by atoms with Crippen LogP contribution in [0, 0.1) is 0 Å². The van der Waals surface area contributed by atoms with Crippen LogP contribution in [0.25, 0.3) is 11.0 Å². The molecule has 3 aromatic carbocycles. The largest absolute Gasteiger partial charge is 0.493 e. The van der Waals surface area contributed by atoms with Crippen molar-refractivity contribution in [2.24, 2.45) is 0 Å². The molecule has 2 N–H and O–H groups in total. The summed E-state index contributed by atoms with van der Waals surface area (Å²) in [4.78, 5) is 7.87. The molecule has 4 rings (SSSR count). The van der Waals surface area contributed by atoms with Crippen molar-refractivity contribution in [1.82, 2.24) is 15.3 Å². The lowest BCUT2D eigenvalue weighted by atomic mass is 10.2. The van der Waals surface area contributed by atoms with Crippen molar-refractivity contribution in [3.05, 3.63) is 87.7 Å². The minimum Gasteiger partial charge on any atom is -0.493 e. The molecule has 0 bridgehead atoms. The van der Waals surface area contributed by atoms with Crippen molar-refractivity contribution in [3.63, 3.8) is 0 Å². The van der Waals surface area contributed by atoms with E-state index in [1.54, 1.807) is 13.2 Å². The van der Waals surface area contributed by atoms with Crippen LogP contribution >= 0.6 is 23.2 Å². The Labute approximate surface area is 184 Å². The number of fused-ring (bicyclic) bond motifs is 1. The second-order valence-corrected chi connectivity index (χ2v) is 7.59. The van der Waals surface area contributed by atoms with Gasteiger partial charge in [0.1, 0.15) is 12.4 Å². The Balaban J connectivity index is 1.41. The number of aromatic nitrogens is 2. The molecule has 4 aromatic rings. The molecule has 0 spiro atoms. The second-order valence-electron chi connectivity index (χ2n) is 6.78. The highest BCUT2D eigenvalue weighted by molar-refractivity contribution is 6.31. The van der Waals surface area contributed by atoms with Crippen molar-refractivity contribution in [2.45, 2.75) is 19.7 Å². The van der Waals surface area contributed by atoms with E-state index in [0.29, 0.717) is 41.2 Å². The zero-order valence-electron chi connectivity index (χ0n) is 16.4. The first kappa shape index (κ1) is 20.5. The van der Waals surface area contributed by atoms with Crippen LogP contribution in [0.3, 0.4) is 0 Å². The lowest BCUT2D eigenvalue weighted by Gasteiger charge is -2.14. The molecule has 1 heterocycles. The highest BCUT2D eigenvalue weighted by Crippen LogP contribution is 2.34. The van der Waals surface area contributed by atoms with E-state index in [2.05, 4.69) is 15.3 Å². The number of hydrogen-bond donors (Lipinski definition) is 2. The summed E-state index contributed by atoms with van der Waals surface area (Å²) in [6.07, 6.45) is 0. The third-order valence-corrected chi connectivity index (χ3v) is 5.44. The lowest BCUT2D eigenvalue weighted by molar-refractivity contribution is 0.284. The molecule has 0 fully saturated rings. The Morgan fingerprint density at radius 1 is 0.900 bits per heavy atom. The van der Waals surface area contributed by atoms with E-state index >= 15 is 0 Å². The minimum absolute atomic E-state index is 0.329. The predicted molar refractivity (Wildman–Crippen MR) is 120 cm³/mol. The molecule has 0 saturated heterocycles. The fraction of sp³-hybridized carbons (Fsp3) is 0.174. The summed E-state index contributed by atoms with van der Waals surface area (Å²) in [5.41, 5.74) is 3.78. The minimum atomic E-state index is 0.329. The van der Waals surface area contributed by atoms with Crippen LogP contribution in [0.5, 0.6) is 11.5 Å². The highest BCUT2D eigenvalue weighted by atomic mass is 35.5. The van der Waals surface area contributed by atoms with Gasteiger partial charge < -0.3 is 19.8 Å². The number of halogens is 2. The van der Waals surface area contributed by atoms with Gasteiger partial charge in [-0.25, -0.2) is 4.98 Å². The number of hydrogen-bond acceptors (Lipinski definition) is 4. The zero-order valence-corrected chi connectivity index (χ0v) is 17.9. The number of imidazole rings is 1. The molecule has 0 saturated carbocycles. The maximum absolute atomic E-state index is 6.49. The molecule has 1 aromatic heterocycles. The average Bonchev–Trinajstić information content (AvgIpc) is 3.17. The molecular formula is C23H21Cl2N3O2. The third-order valence-electron chi connectivity index (χ3n) is 4.72. The first-order valence-electron chi connectivity index (χ1n) is 9.51. The Hall–Kier alpha value is -2.73. The summed E-state index contributed by atoms with van der Waals surface area (Å²) in [6, 6.07) is 19.2. The van der Waals surface area contributed by atoms with Gasteiger partial charge in [-0.2, -0.15) is 0 Å². The maximum Gasteiger partial charge on any atom is 0.163 e. The summed E-state index contributed by atoms with van der Waals surface area (Å²) >= 11 is 12.7. The number of methoxy groups -OCH3 is 1. The fourth-order valence-electron chi connectivity index (χ4n) is 3.16. The number of rotatable bonds is 8. The molecule has 30 heavy (non-hydrogen) atoms. The molecule has 0 aliphatic rings. The van der Waals surface area contributed by atoms with Crippen LogP contribution in [0.1, 0.15) is 17.0 Å². The number of benzene rings is 3. The van der Waals surface area contributed by atoms with Gasteiger partial charge in [0.2, 0.25) is 0 Å². The first-order valence-corrected chi connectivity index (χ1v) is 10.3. The van der Waals surface area contributed by atoms with E-state index in [1.807, 2.05) is 54.6 Å². The normalized spacial score (nSPS) is 11.0. The highest BCUT2D eigenvalue weighted by Gasteiger charge is 2.12. The third kappa shape index (κ3) is 4.70. The Kier molecular flexibility index (Phi) is 6.43. The second kappa shape index (κ2) is 9.39. The van der Waals surface area contributed by atoms with Gasteiger partial charge in [0.25, 0.3) is 0 Å². The topological polar surface area (TPSA) is 59.2 Å². The van der Waals surface area contributed by atoms with Crippen LogP contribution in [0.4, 0.5) is 0 Å². The SMILES string of the molecule is COc1cc(CNCc2nc3ccccc3[nH]2)c(Cl)cc1OCc1ccccc1Cl. The smallest absolute Gasteiger partial charge is 0.163 e. The molecule has 7 heteroatoms. The van der Waals surface area contributed by atoms with E-state index in [0.717, 1.165) is 28.0 Å². The zero-order chi connectivity index (χ0) is 20.9. The van der Waals surface area contributed by atoms with E-state index < -0.39 is 0 Å². The standard InChI is InChI=1S/C23H21Cl2N3O2/c1-29-21-10-16(12-26-13-23-27-19-8-4-5-9-20(19)28-23)18(25)11-22(21)30-14-15-6-2-3-7-17(15)24/h2-11,26H,12-14H2,1H3,(H,27,28). The summed E-state index contributed by atoms with van der Waals surface area (Å²) in [5, 5.41) is 4.62. The molecular weight excluding hydrogens is 421 g/mol. The van der Waals surface area contributed by atoms with Crippen molar-refractivity contribution >= 4 is 34.2 Å². The number of para-hydroxylation sites is 2. The molecule has 0 unspecified atom stereocenters. The van der Waals surface area contributed by atoms with E-state index in [-0.39, 0.29) is 0 Å². The van der Waals surface area contributed by atoms with Gasteiger partial charge in [-0.05, 0) is 29.8 Å². The molecule has 5 nitrogen and oxygen atoms in total. The van der Waals surface area contributed by atoms with E-state index in [9.17, 15) is 0 Å². The lowest BCUT2D eigenvalue weighted by Crippen LogP contribution is -2.14. The van der Waals surface area contributed by atoms with Gasteiger partial charge in [-0.3, -0.25) is 0 Å². The number of nitrogens with one attached hydrogen (secondary N) is 2. The van der Waals surface area contributed by atoms with Crippen LogP contribution in [-0.2, 0) is 19.7 Å².